The fraction of sp³-hybridized carbons (Fsp3) is 0.273. The highest BCUT2D eigenvalue weighted by atomic mass is 14.4. The van der Waals surface area contributed by atoms with Gasteiger partial charge in [-0.2, -0.15) is 0 Å². The van der Waals surface area contributed by atoms with Crippen LogP contribution in [-0.2, 0) is 21.7 Å². The summed E-state index contributed by atoms with van der Waals surface area (Å²) in [7, 11) is 0. The second-order valence-corrected chi connectivity index (χ2v) is 24.1. The largest absolute Gasteiger partial charge is 0.0619 e. The first-order chi connectivity index (χ1) is 31.3. The Morgan fingerprint density at radius 2 is 0.591 bits per heavy atom. The van der Waals surface area contributed by atoms with Crippen LogP contribution in [-0.4, -0.2) is 0 Å². The first-order valence-corrected chi connectivity index (χ1v) is 24.4. The Labute approximate surface area is 392 Å². The molecule has 0 aromatic heterocycles. The molecule has 0 radical (unpaired) electrons. The summed E-state index contributed by atoms with van der Waals surface area (Å²) in [6.45, 7) is 28.2. The van der Waals surface area contributed by atoms with Crippen molar-refractivity contribution in [2.45, 2.75) is 117 Å². The summed E-state index contributed by atoms with van der Waals surface area (Å²) < 4.78 is 0. The van der Waals surface area contributed by atoms with Crippen molar-refractivity contribution in [3.8, 4) is 22.3 Å². The van der Waals surface area contributed by atoms with Gasteiger partial charge in [0, 0.05) is 11.8 Å². The number of benzene rings is 10. The van der Waals surface area contributed by atoms with Gasteiger partial charge in [-0.1, -0.05) is 204 Å². The summed E-state index contributed by atoms with van der Waals surface area (Å²) in [5, 5.41) is 13.5. The predicted octanol–water partition coefficient (Wildman–Crippen LogP) is 18.4. The van der Waals surface area contributed by atoms with Crippen LogP contribution in [0.3, 0.4) is 0 Å². The Morgan fingerprint density at radius 1 is 0.273 bits per heavy atom. The average Bonchev–Trinajstić information content (AvgIpc) is 3.28. The number of fused-ring (bicyclic) bond motifs is 4. The van der Waals surface area contributed by atoms with Crippen molar-refractivity contribution in [3.63, 3.8) is 0 Å². The van der Waals surface area contributed by atoms with Crippen molar-refractivity contribution < 1.29 is 0 Å². The van der Waals surface area contributed by atoms with Gasteiger partial charge in [-0.3, -0.25) is 0 Å². The van der Waals surface area contributed by atoms with E-state index in [-0.39, 0.29) is 33.5 Å². The molecule has 0 heterocycles. The Kier molecular flexibility index (Phi) is 8.53. The second kappa shape index (κ2) is 13.7. The molecule has 3 aliphatic carbocycles. The highest BCUT2D eigenvalue weighted by molar-refractivity contribution is 6.41. The van der Waals surface area contributed by atoms with E-state index in [0.717, 1.165) is 0 Å². The minimum atomic E-state index is -0.0493. The Bertz CT molecular complexity index is 3350. The topological polar surface area (TPSA) is 0 Å². The van der Waals surface area contributed by atoms with Crippen LogP contribution in [0.15, 0.2) is 146 Å². The Morgan fingerprint density at radius 3 is 0.894 bits per heavy atom. The Hall–Kier alpha value is -6.24. The van der Waals surface area contributed by atoms with Gasteiger partial charge in [0.1, 0.15) is 0 Å². The van der Waals surface area contributed by atoms with Crippen LogP contribution in [0, 0.1) is 0 Å². The SMILES string of the molecule is CC(C)(C)c1ccc(-c2c3cc4c(cc3c(-c3ccc(C(C)(C)C)cc3)c3c5cc(C(C)(C)C)cc6ccc7cc(C(C)(C)C)cc(c23)c7c65)C2c3ccccc3C4c3ccccc32)cc1. The van der Waals surface area contributed by atoms with Crippen LogP contribution in [0.4, 0.5) is 0 Å². The third-order valence-corrected chi connectivity index (χ3v) is 15.7. The maximum absolute atomic E-state index is 2.67. The smallest absolute Gasteiger partial charge is 0.0349 e. The van der Waals surface area contributed by atoms with Crippen LogP contribution in [0.5, 0.6) is 0 Å². The zero-order chi connectivity index (χ0) is 46.0. The normalized spacial score (nSPS) is 16.2. The van der Waals surface area contributed by atoms with Gasteiger partial charge in [-0.05, 0) is 178 Å². The summed E-state index contributed by atoms with van der Waals surface area (Å²) >= 11 is 0. The fourth-order valence-corrected chi connectivity index (χ4v) is 12.1. The van der Waals surface area contributed by atoms with Gasteiger partial charge in [0.25, 0.3) is 0 Å². The maximum atomic E-state index is 2.67. The van der Waals surface area contributed by atoms with Gasteiger partial charge in [0.15, 0.2) is 0 Å². The third-order valence-electron chi connectivity index (χ3n) is 15.7. The van der Waals surface area contributed by atoms with Crippen LogP contribution in [0.25, 0.3) is 76.1 Å². The number of rotatable bonds is 2. The third kappa shape index (κ3) is 5.96. The van der Waals surface area contributed by atoms with Gasteiger partial charge in [0.05, 0.1) is 0 Å². The van der Waals surface area contributed by atoms with Gasteiger partial charge < -0.3 is 0 Å². The molecule has 0 fully saturated rings. The Balaban J connectivity index is 1.37. The molecule has 0 nitrogen and oxygen atoms in total. The van der Waals surface area contributed by atoms with E-state index in [2.05, 4.69) is 229 Å². The van der Waals surface area contributed by atoms with Crippen LogP contribution < -0.4 is 0 Å². The molecule has 66 heavy (non-hydrogen) atoms. The highest BCUT2D eigenvalue weighted by Gasteiger charge is 2.42. The standard InChI is InChI=1S/C66H62/c1-63(2,3)41-27-23-37(24-28-41)55-49-35-51-52(60-47-19-15-13-17-45(47)59(51)46-18-14-16-20-48(46)60)36-50(49)56(38-25-29-42(30-26-38)64(4,5)6)62-54-34-44(66(10,11)12)32-40-22-21-39-31-43(65(7,8)9)33-53(61(55)62)57(39)58(40)54/h13-36,59-60H,1-12H3. The summed E-state index contributed by atoms with van der Waals surface area (Å²) in [5.41, 5.74) is 19.4. The van der Waals surface area contributed by atoms with Crippen LogP contribution >= 0.6 is 0 Å². The van der Waals surface area contributed by atoms with Gasteiger partial charge >= 0.3 is 0 Å². The summed E-state index contributed by atoms with van der Waals surface area (Å²) in [5.74, 6) is 0.339. The molecule has 3 aliphatic rings. The number of hydrogen-bond acceptors (Lipinski definition) is 0. The summed E-state index contributed by atoms with van der Waals surface area (Å²) in [6, 6.07) is 58.2. The van der Waals surface area contributed by atoms with Crippen molar-refractivity contribution >= 4 is 53.9 Å². The lowest BCUT2D eigenvalue weighted by atomic mass is 9.60. The monoisotopic (exact) mass is 854 g/mol. The lowest BCUT2D eigenvalue weighted by Crippen LogP contribution is -2.27. The molecule has 0 unspecified atom stereocenters. The molecule has 0 saturated heterocycles. The highest BCUT2D eigenvalue weighted by Crippen LogP contribution is 2.59. The zero-order valence-corrected chi connectivity index (χ0v) is 41.0. The molecule has 0 N–H and O–H groups in total. The van der Waals surface area contributed by atoms with Gasteiger partial charge in [-0.25, -0.2) is 0 Å². The van der Waals surface area contributed by atoms with Crippen molar-refractivity contribution in [2.75, 3.05) is 0 Å². The first-order valence-electron chi connectivity index (χ1n) is 24.4. The predicted molar refractivity (Wildman–Crippen MR) is 286 cm³/mol. The summed E-state index contributed by atoms with van der Waals surface area (Å²) in [4.78, 5) is 0. The molecule has 10 aromatic rings. The van der Waals surface area contributed by atoms with Gasteiger partial charge in [0.2, 0.25) is 0 Å². The molecule has 13 rings (SSSR count). The molecule has 2 bridgehead atoms. The zero-order valence-electron chi connectivity index (χ0n) is 41.0. The van der Waals surface area contributed by atoms with Crippen molar-refractivity contribution in [1.82, 2.24) is 0 Å². The second-order valence-electron chi connectivity index (χ2n) is 24.1. The van der Waals surface area contributed by atoms with Crippen LogP contribution in [0.2, 0.25) is 0 Å². The van der Waals surface area contributed by atoms with Crippen molar-refractivity contribution in [3.05, 3.63) is 201 Å². The van der Waals surface area contributed by atoms with E-state index >= 15 is 0 Å². The lowest BCUT2D eigenvalue weighted by molar-refractivity contribution is 0.590. The maximum Gasteiger partial charge on any atom is 0.0349 e. The molecule has 0 saturated carbocycles. The molecule has 0 amide bonds. The van der Waals surface area contributed by atoms with Crippen LogP contribution in [0.1, 0.15) is 151 Å². The van der Waals surface area contributed by atoms with E-state index in [1.807, 2.05) is 0 Å². The molecular weight excluding hydrogens is 793 g/mol. The minimum absolute atomic E-state index is 0.0351. The molecular formula is C66H62. The van der Waals surface area contributed by atoms with E-state index < -0.39 is 0 Å². The first kappa shape index (κ1) is 41.2. The minimum Gasteiger partial charge on any atom is -0.0619 e. The van der Waals surface area contributed by atoms with Crippen molar-refractivity contribution in [1.29, 1.82) is 0 Å². The average molecular weight is 855 g/mol. The lowest BCUT2D eigenvalue weighted by Gasteiger charge is -2.42. The van der Waals surface area contributed by atoms with E-state index in [0.29, 0.717) is 0 Å². The summed E-state index contributed by atoms with van der Waals surface area (Å²) in [6.07, 6.45) is 0. The molecule has 326 valence electrons. The molecule has 0 spiro atoms. The molecule has 0 aliphatic heterocycles. The van der Waals surface area contributed by atoms with E-state index in [4.69, 9.17) is 0 Å². The van der Waals surface area contributed by atoms with Gasteiger partial charge in [-0.15, -0.1) is 0 Å². The van der Waals surface area contributed by atoms with E-state index in [9.17, 15) is 0 Å². The fourth-order valence-electron chi connectivity index (χ4n) is 12.1. The van der Waals surface area contributed by atoms with E-state index in [1.165, 1.54) is 132 Å². The molecule has 0 heteroatoms. The quantitative estimate of drug-likeness (QED) is 0.120. The number of hydrogen-bond donors (Lipinski definition) is 0. The van der Waals surface area contributed by atoms with Crippen molar-refractivity contribution in [2.24, 2.45) is 0 Å². The molecule has 0 atom stereocenters. The molecule has 10 aromatic carbocycles. The van der Waals surface area contributed by atoms with E-state index in [1.54, 1.807) is 0 Å².